The lowest BCUT2D eigenvalue weighted by Crippen LogP contribution is -2.40. The molecule has 1 aliphatic rings. The quantitative estimate of drug-likeness (QED) is 0.703. The van der Waals surface area contributed by atoms with Gasteiger partial charge in [0.05, 0.1) is 23.1 Å². The van der Waals surface area contributed by atoms with E-state index in [2.05, 4.69) is 10.5 Å². The highest BCUT2D eigenvalue weighted by Crippen LogP contribution is 2.31. The van der Waals surface area contributed by atoms with E-state index in [-0.39, 0.29) is 12.5 Å². The summed E-state index contributed by atoms with van der Waals surface area (Å²) in [6.07, 6.45) is 0. The van der Waals surface area contributed by atoms with Gasteiger partial charge in [0.2, 0.25) is 0 Å². The lowest BCUT2D eigenvalue weighted by atomic mass is 9.91. The smallest absolute Gasteiger partial charge is 0.325 e. The molecule has 27 heavy (non-hydrogen) atoms. The molecule has 0 spiro atoms. The minimum atomic E-state index is -1.19. The number of nitrogens with one attached hydrogen (secondary N) is 1. The van der Waals surface area contributed by atoms with E-state index in [1.807, 2.05) is 23.6 Å². The predicted molar refractivity (Wildman–Crippen MR) is 97.4 cm³/mol. The molecule has 1 fully saturated rings. The zero-order chi connectivity index (χ0) is 19.0. The SMILES string of the molecule is CC1(c2ccc(C#N)cc2)NC(=O)N(Cc2cc(-c3cccs3)on2)C1=O. The molecule has 3 heterocycles. The number of rotatable bonds is 4. The Morgan fingerprint density at radius 3 is 2.74 bits per heavy atom. The van der Waals surface area contributed by atoms with Gasteiger partial charge in [-0.1, -0.05) is 23.4 Å². The van der Waals surface area contributed by atoms with E-state index >= 15 is 0 Å². The second-order valence-corrected chi connectivity index (χ2v) is 7.24. The third-order valence-corrected chi connectivity index (χ3v) is 5.39. The Morgan fingerprint density at radius 2 is 2.07 bits per heavy atom. The monoisotopic (exact) mass is 378 g/mol. The lowest BCUT2D eigenvalue weighted by Gasteiger charge is -2.22. The Kier molecular flexibility index (Phi) is 4.01. The Bertz CT molecular complexity index is 1050. The predicted octanol–water partition coefficient (Wildman–Crippen LogP) is 3.24. The summed E-state index contributed by atoms with van der Waals surface area (Å²) in [5.74, 6) is 0.222. The lowest BCUT2D eigenvalue weighted by molar-refractivity contribution is -0.131. The molecule has 3 aromatic rings. The van der Waals surface area contributed by atoms with Gasteiger partial charge in [0, 0.05) is 6.07 Å². The maximum absolute atomic E-state index is 13.0. The number of nitriles is 1. The first-order valence-electron chi connectivity index (χ1n) is 8.15. The molecule has 0 aliphatic carbocycles. The van der Waals surface area contributed by atoms with Crippen molar-refractivity contribution in [2.75, 3.05) is 0 Å². The number of imide groups is 1. The van der Waals surface area contributed by atoms with E-state index in [9.17, 15) is 9.59 Å². The van der Waals surface area contributed by atoms with Crippen LogP contribution in [0.15, 0.2) is 52.4 Å². The van der Waals surface area contributed by atoms with E-state index in [0.717, 1.165) is 9.78 Å². The van der Waals surface area contributed by atoms with Gasteiger partial charge in [-0.2, -0.15) is 5.26 Å². The van der Waals surface area contributed by atoms with Crippen molar-refractivity contribution in [2.45, 2.75) is 19.0 Å². The minimum absolute atomic E-state index is 0.0193. The number of hydrogen-bond acceptors (Lipinski definition) is 6. The average molecular weight is 378 g/mol. The van der Waals surface area contributed by atoms with Crippen molar-refractivity contribution in [2.24, 2.45) is 0 Å². The summed E-state index contributed by atoms with van der Waals surface area (Å²) >= 11 is 1.52. The number of hydrogen-bond donors (Lipinski definition) is 1. The molecule has 2 aromatic heterocycles. The first-order chi connectivity index (χ1) is 13.0. The van der Waals surface area contributed by atoms with E-state index in [1.54, 1.807) is 37.3 Å². The zero-order valence-electron chi connectivity index (χ0n) is 14.3. The van der Waals surface area contributed by atoms with Crippen molar-refractivity contribution in [1.82, 2.24) is 15.4 Å². The van der Waals surface area contributed by atoms with Gasteiger partial charge in [-0.3, -0.25) is 9.69 Å². The summed E-state index contributed by atoms with van der Waals surface area (Å²) in [5.41, 5.74) is 0.401. The van der Waals surface area contributed by atoms with Crippen LogP contribution in [0.25, 0.3) is 10.6 Å². The Labute approximate surface area is 158 Å². The maximum atomic E-state index is 13.0. The van der Waals surface area contributed by atoms with Gasteiger partial charge in [-0.15, -0.1) is 11.3 Å². The van der Waals surface area contributed by atoms with Crippen molar-refractivity contribution < 1.29 is 14.1 Å². The normalized spacial score (nSPS) is 19.2. The van der Waals surface area contributed by atoms with Gasteiger partial charge in [0.25, 0.3) is 5.91 Å². The van der Waals surface area contributed by atoms with Crippen LogP contribution in [-0.4, -0.2) is 22.0 Å². The summed E-state index contributed by atoms with van der Waals surface area (Å²) < 4.78 is 5.31. The summed E-state index contributed by atoms with van der Waals surface area (Å²) in [6, 6.07) is 13.7. The third kappa shape index (κ3) is 2.88. The van der Waals surface area contributed by atoms with Gasteiger partial charge in [-0.25, -0.2) is 4.79 Å². The summed E-state index contributed by atoms with van der Waals surface area (Å²) in [5, 5.41) is 17.6. The molecule has 0 bridgehead atoms. The molecule has 1 saturated heterocycles. The molecule has 8 heteroatoms. The molecular formula is C19H14N4O3S. The Morgan fingerprint density at radius 1 is 1.30 bits per heavy atom. The fourth-order valence-electron chi connectivity index (χ4n) is 3.00. The Balaban J connectivity index is 1.57. The number of nitrogens with zero attached hydrogens (tertiary/aromatic N) is 3. The van der Waals surface area contributed by atoms with Crippen molar-refractivity contribution in [3.8, 4) is 16.7 Å². The van der Waals surface area contributed by atoms with E-state index in [4.69, 9.17) is 9.78 Å². The van der Waals surface area contributed by atoms with E-state index < -0.39 is 11.6 Å². The Hall–Kier alpha value is -3.44. The van der Waals surface area contributed by atoms with E-state index in [1.165, 1.54) is 11.3 Å². The first kappa shape index (κ1) is 17.0. The van der Waals surface area contributed by atoms with Crippen LogP contribution in [0.2, 0.25) is 0 Å². The number of aromatic nitrogens is 1. The highest BCUT2D eigenvalue weighted by molar-refractivity contribution is 7.13. The molecular weight excluding hydrogens is 364 g/mol. The van der Waals surface area contributed by atoms with Gasteiger partial charge >= 0.3 is 6.03 Å². The molecule has 0 saturated carbocycles. The van der Waals surface area contributed by atoms with Gasteiger partial charge in [-0.05, 0) is 36.1 Å². The molecule has 4 rings (SSSR count). The second-order valence-electron chi connectivity index (χ2n) is 6.30. The van der Waals surface area contributed by atoms with Crippen LogP contribution >= 0.6 is 11.3 Å². The molecule has 3 amide bonds. The summed E-state index contributed by atoms with van der Waals surface area (Å²) in [7, 11) is 0. The molecule has 1 aromatic carbocycles. The number of carbonyl (C=O) groups excluding carboxylic acids is 2. The molecule has 1 N–H and O–H groups in total. The van der Waals surface area contributed by atoms with Crippen LogP contribution in [0.1, 0.15) is 23.7 Å². The minimum Gasteiger partial charge on any atom is -0.355 e. The molecule has 1 aliphatic heterocycles. The molecule has 7 nitrogen and oxygen atoms in total. The maximum Gasteiger partial charge on any atom is 0.325 e. The average Bonchev–Trinajstić information content (AvgIpc) is 3.40. The van der Waals surface area contributed by atoms with Crippen LogP contribution < -0.4 is 5.32 Å². The van der Waals surface area contributed by atoms with Crippen LogP contribution in [0.5, 0.6) is 0 Å². The second kappa shape index (κ2) is 6.37. The number of carbonyl (C=O) groups is 2. The van der Waals surface area contributed by atoms with Gasteiger partial charge in [0.15, 0.2) is 5.76 Å². The third-order valence-electron chi connectivity index (χ3n) is 4.51. The summed E-state index contributed by atoms with van der Waals surface area (Å²) in [6.45, 7) is 1.67. The standard InChI is InChI=1S/C19H14N4O3S/c1-19(13-6-4-12(10-20)5-7-13)17(24)23(18(25)21-19)11-14-9-15(26-22-14)16-3-2-8-27-16/h2-9H,11H2,1H3,(H,21,25). The van der Waals surface area contributed by atoms with Gasteiger partial charge in [0.1, 0.15) is 11.2 Å². The summed E-state index contributed by atoms with van der Waals surface area (Å²) in [4.78, 5) is 27.4. The number of benzene rings is 1. The fourth-order valence-corrected chi connectivity index (χ4v) is 3.67. The molecule has 134 valence electrons. The van der Waals surface area contributed by atoms with Crippen molar-refractivity contribution in [1.29, 1.82) is 5.26 Å². The fraction of sp³-hybridized carbons (Fsp3) is 0.158. The molecule has 0 radical (unpaired) electrons. The topological polar surface area (TPSA) is 99.2 Å². The molecule has 1 atom stereocenters. The van der Waals surface area contributed by atoms with Crippen LogP contribution in [0.4, 0.5) is 4.79 Å². The number of thiophene rings is 1. The highest BCUT2D eigenvalue weighted by atomic mass is 32.1. The van der Waals surface area contributed by atoms with Crippen LogP contribution in [-0.2, 0) is 16.9 Å². The first-order valence-corrected chi connectivity index (χ1v) is 9.03. The van der Waals surface area contributed by atoms with E-state index in [0.29, 0.717) is 22.6 Å². The van der Waals surface area contributed by atoms with Crippen LogP contribution in [0.3, 0.4) is 0 Å². The number of urea groups is 1. The van der Waals surface area contributed by atoms with Crippen molar-refractivity contribution in [3.05, 3.63) is 64.7 Å². The van der Waals surface area contributed by atoms with Crippen molar-refractivity contribution >= 4 is 23.3 Å². The van der Waals surface area contributed by atoms with Gasteiger partial charge < -0.3 is 9.84 Å². The zero-order valence-corrected chi connectivity index (χ0v) is 15.1. The van der Waals surface area contributed by atoms with Crippen molar-refractivity contribution in [3.63, 3.8) is 0 Å². The van der Waals surface area contributed by atoms with Crippen LogP contribution in [0, 0.1) is 11.3 Å². The highest BCUT2D eigenvalue weighted by Gasteiger charge is 2.49. The molecule has 1 unspecified atom stereocenters. The largest absolute Gasteiger partial charge is 0.355 e. The number of amides is 3.